The van der Waals surface area contributed by atoms with E-state index in [9.17, 15) is 28.0 Å². The Labute approximate surface area is 235 Å². The molecule has 4 rings (SSSR count). The van der Waals surface area contributed by atoms with Gasteiger partial charge in [0.1, 0.15) is 29.4 Å². The van der Waals surface area contributed by atoms with Crippen LogP contribution in [0.15, 0.2) is 53.6 Å². The third kappa shape index (κ3) is 6.28. The molecule has 1 fully saturated rings. The predicted octanol–water partition coefficient (Wildman–Crippen LogP) is 2.16. The van der Waals surface area contributed by atoms with Crippen LogP contribution in [-0.4, -0.2) is 82.9 Å². The first kappa shape index (κ1) is 29.4. The SMILES string of the molecule is CN1N=C2CCN(C(=O)C(COc3ccc(F)c(F)c3)NC(=O)C(C)(C)NC(=O)O)CC2(Cc2ccccc2)C1=O. The maximum Gasteiger partial charge on any atom is 0.405 e. The summed E-state index contributed by atoms with van der Waals surface area (Å²) in [7, 11) is 1.56. The number of amides is 4. The van der Waals surface area contributed by atoms with Gasteiger partial charge in [-0.15, -0.1) is 0 Å². The minimum atomic E-state index is -1.62. The number of carbonyl (C=O) groups is 4. The number of nitrogens with one attached hydrogen (secondary N) is 2. The number of ether oxygens (including phenoxy) is 1. The molecule has 2 heterocycles. The van der Waals surface area contributed by atoms with E-state index in [1.807, 2.05) is 30.3 Å². The maximum atomic E-state index is 13.9. The van der Waals surface area contributed by atoms with Crippen LogP contribution in [0.5, 0.6) is 5.75 Å². The molecule has 0 saturated carbocycles. The highest BCUT2D eigenvalue weighted by Gasteiger charge is 2.54. The smallest absolute Gasteiger partial charge is 0.405 e. The average molecular weight is 572 g/mol. The van der Waals surface area contributed by atoms with Gasteiger partial charge < -0.3 is 25.4 Å². The van der Waals surface area contributed by atoms with E-state index in [1.54, 1.807) is 7.05 Å². The molecule has 0 radical (unpaired) electrons. The summed E-state index contributed by atoms with van der Waals surface area (Å²) in [6.45, 7) is 2.34. The van der Waals surface area contributed by atoms with Crippen LogP contribution in [-0.2, 0) is 20.8 Å². The highest BCUT2D eigenvalue weighted by Crippen LogP contribution is 2.38. The van der Waals surface area contributed by atoms with E-state index in [0.29, 0.717) is 18.6 Å². The van der Waals surface area contributed by atoms with Crippen LogP contribution < -0.4 is 15.4 Å². The van der Waals surface area contributed by atoms with E-state index >= 15 is 0 Å². The monoisotopic (exact) mass is 571 g/mol. The maximum absolute atomic E-state index is 13.9. The summed E-state index contributed by atoms with van der Waals surface area (Å²) in [4.78, 5) is 53.0. The normalized spacial score (nSPS) is 19.2. The molecular weight excluding hydrogens is 540 g/mol. The minimum absolute atomic E-state index is 0.0168. The van der Waals surface area contributed by atoms with Gasteiger partial charge in [0, 0.05) is 32.6 Å². The number of fused-ring (bicyclic) bond motifs is 1. The molecule has 2 aliphatic heterocycles. The van der Waals surface area contributed by atoms with E-state index in [-0.39, 0.29) is 24.7 Å². The fourth-order valence-electron chi connectivity index (χ4n) is 5.02. The van der Waals surface area contributed by atoms with Gasteiger partial charge in [0.2, 0.25) is 11.8 Å². The zero-order valence-corrected chi connectivity index (χ0v) is 22.8. The van der Waals surface area contributed by atoms with E-state index in [0.717, 1.165) is 17.7 Å². The number of hydrogen-bond donors (Lipinski definition) is 3. The van der Waals surface area contributed by atoms with Crippen molar-refractivity contribution in [3.8, 4) is 5.75 Å². The Morgan fingerprint density at radius 1 is 1.15 bits per heavy atom. The second-order valence-corrected chi connectivity index (χ2v) is 10.6. The number of piperidine rings is 1. The lowest BCUT2D eigenvalue weighted by Crippen LogP contribution is -2.62. The zero-order chi connectivity index (χ0) is 29.9. The molecule has 41 heavy (non-hydrogen) atoms. The Morgan fingerprint density at radius 3 is 2.51 bits per heavy atom. The van der Waals surface area contributed by atoms with Gasteiger partial charge in [-0.25, -0.2) is 18.6 Å². The molecule has 4 amide bonds. The summed E-state index contributed by atoms with van der Waals surface area (Å²) in [6, 6.07) is 10.8. The minimum Gasteiger partial charge on any atom is -0.491 e. The Balaban J connectivity index is 1.60. The fraction of sp³-hybridized carbons (Fsp3) is 0.393. The molecule has 2 atom stereocenters. The average Bonchev–Trinajstić information content (AvgIpc) is 3.16. The van der Waals surface area contributed by atoms with Gasteiger partial charge in [-0.3, -0.25) is 14.4 Å². The predicted molar refractivity (Wildman–Crippen MR) is 143 cm³/mol. The van der Waals surface area contributed by atoms with Crippen LogP contribution >= 0.6 is 0 Å². The molecule has 2 aromatic rings. The van der Waals surface area contributed by atoms with Crippen molar-refractivity contribution in [3.05, 3.63) is 65.7 Å². The largest absolute Gasteiger partial charge is 0.491 e. The lowest BCUT2D eigenvalue weighted by molar-refractivity contribution is -0.143. The van der Waals surface area contributed by atoms with Gasteiger partial charge in [0.15, 0.2) is 11.6 Å². The van der Waals surface area contributed by atoms with Gasteiger partial charge >= 0.3 is 6.09 Å². The first-order valence-electron chi connectivity index (χ1n) is 12.9. The highest BCUT2D eigenvalue weighted by atomic mass is 19.2. The van der Waals surface area contributed by atoms with E-state index in [4.69, 9.17) is 9.84 Å². The van der Waals surface area contributed by atoms with Gasteiger partial charge in [0.05, 0.1) is 5.71 Å². The number of carboxylic acid groups (broad SMARTS) is 1. The molecule has 2 aromatic carbocycles. The fourth-order valence-corrected chi connectivity index (χ4v) is 5.02. The summed E-state index contributed by atoms with van der Waals surface area (Å²) in [5.41, 5.74) is -1.19. The van der Waals surface area contributed by atoms with Crippen LogP contribution in [0.4, 0.5) is 13.6 Å². The van der Waals surface area contributed by atoms with Gasteiger partial charge in [-0.2, -0.15) is 5.10 Å². The van der Waals surface area contributed by atoms with Gasteiger partial charge in [-0.1, -0.05) is 30.3 Å². The highest BCUT2D eigenvalue weighted by molar-refractivity contribution is 6.13. The Hall–Kier alpha value is -4.55. The third-order valence-corrected chi connectivity index (χ3v) is 7.16. The molecule has 0 bridgehead atoms. The number of likely N-dealkylation sites (tertiary alicyclic amines) is 1. The van der Waals surface area contributed by atoms with Crippen LogP contribution in [0.25, 0.3) is 0 Å². The van der Waals surface area contributed by atoms with E-state index < -0.39 is 53.1 Å². The summed E-state index contributed by atoms with van der Waals surface area (Å²) >= 11 is 0. The van der Waals surface area contributed by atoms with Crippen LogP contribution in [0.1, 0.15) is 25.8 Å². The number of nitrogens with zero attached hydrogens (tertiary/aromatic N) is 3. The number of hydrazone groups is 1. The van der Waals surface area contributed by atoms with Crippen molar-refractivity contribution in [2.45, 2.75) is 38.3 Å². The lowest BCUT2D eigenvalue weighted by Gasteiger charge is -2.40. The molecule has 1 saturated heterocycles. The van der Waals surface area contributed by atoms with Crippen molar-refractivity contribution < 1.29 is 37.8 Å². The molecule has 0 aromatic heterocycles. The Morgan fingerprint density at radius 2 is 1.85 bits per heavy atom. The second-order valence-electron chi connectivity index (χ2n) is 10.6. The van der Waals surface area contributed by atoms with Crippen molar-refractivity contribution in [2.75, 3.05) is 26.7 Å². The standard InChI is InChI=1S/C28H31F2N5O6/c1-27(2,32-26(39)40)24(37)31-21(15-41-18-9-10-19(29)20(30)13-18)23(36)35-12-11-22-28(16-35,25(38)34(3)33-22)14-17-7-5-4-6-8-17/h4-10,13,21,32H,11-12,14-16H2,1-3H3,(H,31,37)(H,39,40). The molecule has 3 N–H and O–H groups in total. The summed E-state index contributed by atoms with van der Waals surface area (Å²) in [6.07, 6.45) is -0.830. The molecule has 218 valence electrons. The Bertz CT molecular complexity index is 1390. The first-order valence-corrected chi connectivity index (χ1v) is 12.9. The molecule has 2 unspecified atom stereocenters. The van der Waals surface area contributed by atoms with Crippen molar-refractivity contribution >= 4 is 29.5 Å². The summed E-state index contributed by atoms with van der Waals surface area (Å²) in [5, 5.41) is 19.4. The molecule has 11 nitrogen and oxygen atoms in total. The van der Waals surface area contributed by atoms with Crippen molar-refractivity contribution in [3.63, 3.8) is 0 Å². The van der Waals surface area contributed by atoms with Crippen LogP contribution in [0.3, 0.4) is 0 Å². The number of benzene rings is 2. The zero-order valence-electron chi connectivity index (χ0n) is 22.8. The van der Waals surface area contributed by atoms with Crippen LogP contribution in [0.2, 0.25) is 0 Å². The summed E-state index contributed by atoms with van der Waals surface area (Å²) in [5.74, 6) is -4.00. The molecular formula is C28H31F2N5O6. The molecule has 0 spiro atoms. The third-order valence-electron chi connectivity index (χ3n) is 7.16. The summed E-state index contributed by atoms with van der Waals surface area (Å²) < 4.78 is 32.7. The lowest BCUT2D eigenvalue weighted by atomic mass is 9.73. The van der Waals surface area contributed by atoms with E-state index in [2.05, 4.69) is 15.7 Å². The van der Waals surface area contributed by atoms with Gasteiger partial charge in [-0.05, 0) is 38.0 Å². The number of halogens is 2. The number of rotatable bonds is 9. The van der Waals surface area contributed by atoms with Crippen LogP contribution in [0, 0.1) is 17.0 Å². The molecule has 13 heteroatoms. The molecule has 2 aliphatic rings. The number of carbonyl (C=O) groups excluding carboxylic acids is 3. The van der Waals surface area contributed by atoms with Crippen molar-refractivity contribution in [2.24, 2.45) is 10.5 Å². The number of hydrogen-bond acceptors (Lipinski definition) is 6. The molecule has 0 aliphatic carbocycles. The van der Waals surface area contributed by atoms with Crippen molar-refractivity contribution in [1.29, 1.82) is 0 Å². The quantitative estimate of drug-likeness (QED) is 0.422. The Kier molecular flexibility index (Phi) is 8.27. The van der Waals surface area contributed by atoms with Gasteiger partial charge in [0.25, 0.3) is 5.91 Å². The van der Waals surface area contributed by atoms with E-state index in [1.165, 1.54) is 29.8 Å². The second kappa shape index (κ2) is 11.5. The topological polar surface area (TPSA) is 141 Å². The van der Waals surface area contributed by atoms with Crippen molar-refractivity contribution in [1.82, 2.24) is 20.5 Å². The first-order chi connectivity index (χ1) is 19.3.